The highest BCUT2D eigenvalue weighted by Gasteiger charge is 2.39. The molecular formula is C16H22ClN5O. The van der Waals surface area contributed by atoms with Gasteiger partial charge in [0.25, 0.3) is 0 Å². The van der Waals surface area contributed by atoms with Crippen molar-refractivity contribution in [3.63, 3.8) is 0 Å². The van der Waals surface area contributed by atoms with Crippen LogP contribution < -0.4 is 33.3 Å². The molecule has 23 heavy (non-hydrogen) atoms. The molecule has 124 valence electrons. The van der Waals surface area contributed by atoms with Crippen LogP contribution in [0.2, 0.25) is 0 Å². The summed E-state index contributed by atoms with van der Waals surface area (Å²) in [5, 5.41) is 0. The van der Waals surface area contributed by atoms with Gasteiger partial charge in [-0.25, -0.2) is 9.13 Å². The molecule has 0 radical (unpaired) electrons. The maximum absolute atomic E-state index is 11.9. The summed E-state index contributed by atoms with van der Waals surface area (Å²) in [6, 6.07) is 5.79. The third kappa shape index (κ3) is 3.27. The number of carbonyl (C=O) groups excluding carboxylic acids is 1. The highest BCUT2D eigenvalue weighted by Crippen LogP contribution is 2.33. The van der Waals surface area contributed by atoms with E-state index in [0.717, 1.165) is 23.5 Å². The number of nitrogen functional groups attached to an aromatic ring is 1. The summed E-state index contributed by atoms with van der Waals surface area (Å²) in [5.74, 6) is -0.284. The Morgan fingerprint density at radius 3 is 2.70 bits per heavy atom. The average molecular weight is 336 g/mol. The number of amides is 1. The normalized spacial score (nSPS) is 20.3. The Bertz CT molecular complexity index is 714. The second kappa shape index (κ2) is 6.50. The van der Waals surface area contributed by atoms with Crippen LogP contribution in [0.5, 0.6) is 0 Å². The van der Waals surface area contributed by atoms with E-state index >= 15 is 0 Å². The zero-order valence-electron chi connectivity index (χ0n) is 13.3. The van der Waals surface area contributed by atoms with Gasteiger partial charge in [-0.2, -0.15) is 0 Å². The maximum atomic E-state index is 11.9. The number of hydrogen-bond donors (Lipinski definition) is 2. The van der Waals surface area contributed by atoms with Gasteiger partial charge in [0, 0.05) is 17.8 Å². The number of carbonyl (C=O) groups is 1. The molecule has 0 spiro atoms. The molecule has 4 N–H and O–H groups in total. The number of benzene rings is 1. The minimum Gasteiger partial charge on any atom is -1.00 e. The second-order valence-electron chi connectivity index (χ2n) is 6.03. The number of aromatic nitrogens is 2. The Morgan fingerprint density at radius 1 is 1.39 bits per heavy atom. The van der Waals surface area contributed by atoms with Gasteiger partial charge in [0.05, 0.1) is 13.6 Å². The molecule has 1 aliphatic rings. The number of halogens is 1. The standard InChI is InChI=1S/C16H21N5O.ClH/c1-11-7-12(3-4-14(11)17)21-9-13(8-15(21)16(18)22)20-6-5-19(2)10-20;/h3-7,10,13,15H,8-9,17H2,1-2H3,(H-,18,22);1H/t13?,15-;/m0./s1. The van der Waals surface area contributed by atoms with Crippen molar-refractivity contribution in [1.29, 1.82) is 0 Å². The van der Waals surface area contributed by atoms with E-state index in [4.69, 9.17) is 11.5 Å². The molecule has 1 amide bonds. The zero-order chi connectivity index (χ0) is 15.9. The molecule has 1 unspecified atom stereocenters. The minimum atomic E-state index is -0.291. The Morgan fingerprint density at radius 2 is 2.13 bits per heavy atom. The van der Waals surface area contributed by atoms with Crippen LogP contribution in [0.1, 0.15) is 18.0 Å². The number of aryl methyl sites for hydroxylation is 2. The first-order valence-corrected chi connectivity index (χ1v) is 7.40. The SMILES string of the molecule is Cc1cc(N2CC(n3cc[n+](C)c3)C[C@H]2C(N)=O)ccc1N.[Cl-]. The number of anilines is 2. The van der Waals surface area contributed by atoms with E-state index in [1.807, 2.05) is 55.5 Å². The lowest BCUT2D eigenvalue weighted by atomic mass is 10.1. The van der Waals surface area contributed by atoms with Crippen LogP contribution in [0.4, 0.5) is 11.4 Å². The molecule has 1 aromatic heterocycles. The van der Waals surface area contributed by atoms with Crippen LogP contribution in [-0.4, -0.2) is 23.1 Å². The summed E-state index contributed by atoms with van der Waals surface area (Å²) in [6.07, 6.45) is 6.77. The van der Waals surface area contributed by atoms with Crippen LogP contribution >= 0.6 is 0 Å². The van der Waals surface area contributed by atoms with E-state index in [9.17, 15) is 4.79 Å². The third-order valence-corrected chi connectivity index (χ3v) is 4.40. The highest BCUT2D eigenvalue weighted by molar-refractivity contribution is 5.84. The minimum absolute atomic E-state index is 0. The largest absolute Gasteiger partial charge is 1.00 e. The van der Waals surface area contributed by atoms with Gasteiger partial charge in [0.15, 0.2) is 0 Å². The Kier molecular flexibility index (Phi) is 4.85. The molecule has 2 heterocycles. The van der Waals surface area contributed by atoms with E-state index in [0.29, 0.717) is 6.42 Å². The molecule has 7 heteroatoms. The van der Waals surface area contributed by atoms with Crippen molar-refractivity contribution < 1.29 is 21.8 Å². The van der Waals surface area contributed by atoms with E-state index in [2.05, 4.69) is 9.47 Å². The van der Waals surface area contributed by atoms with Gasteiger partial charge in [-0.05, 0) is 30.7 Å². The molecule has 0 aliphatic carbocycles. The van der Waals surface area contributed by atoms with Gasteiger partial charge in [-0.1, -0.05) is 0 Å². The van der Waals surface area contributed by atoms with Crippen molar-refractivity contribution in [1.82, 2.24) is 4.57 Å². The molecular weight excluding hydrogens is 314 g/mol. The smallest absolute Gasteiger partial charge is 0.243 e. The number of hydrogen-bond acceptors (Lipinski definition) is 3. The summed E-state index contributed by atoms with van der Waals surface area (Å²) in [6.45, 7) is 2.73. The number of nitrogens with two attached hydrogens (primary N) is 2. The number of nitrogens with zero attached hydrogens (tertiary/aromatic N) is 3. The van der Waals surface area contributed by atoms with Gasteiger partial charge in [-0.15, -0.1) is 0 Å². The molecule has 0 saturated carbocycles. The van der Waals surface area contributed by atoms with E-state index in [1.54, 1.807) is 0 Å². The lowest BCUT2D eigenvalue weighted by Crippen LogP contribution is -3.00. The summed E-state index contributed by atoms with van der Waals surface area (Å²) < 4.78 is 4.13. The molecule has 0 bridgehead atoms. The topological polar surface area (TPSA) is 81.2 Å². The molecule has 3 rings (SSSR count). The predicted molar refractivity (Wildman–Crippen MR) is 85.2 cm³/mol. The van der Waals surface area contributed by atoms with Crippen LogP contribution in [-0.2, 0) is 11.8 Å². The van der Waals surface area contributed by atoms with Gasteiger partial charge in [0.1, 0.15) is 24.5 Å². The van der Waals surface area contributed by atoms with Crippen molar-refractivity contribution in [2.75, 3.05) is 17.2 Å². The van der Waals surface area contributed by atoms with Gasteiger partial charge in [-0.3, -0.25) is 4.79 Å². The maximum Gasteiger partial charge on any atom is 0.243 e. The fourth-order valence-corrected chi connectivity index (χ4v) is 3.11. The lowest BCUT2D eigenvalue weighted by Gasteiger charge is -2.24. The molecule has 2 aromatic rings. The monoisotopic (exact) mass is 335 g/mol. The first-order valence-electron chi connectivity index (χ1n) is 7.40. The third-order valence-electron chi connectivity index (χ3n) is 4.40. The Labute approximate surface area is 142 Å². The van der Waals surface area contributed by atoms with Crippen LogP contribution in [0, 0.1) is 6.92 Å². The summed E-state index contributed by atoms with van der Waals surface area (Å²) in [4.78, 5) is 13.9. The highest BCUT2D eigenvalue weighted by atomic mass is 35.5. The average Bonchev–Trinajstić information content (AvgIpc) is 3.08. The van der Waals surface area contributed by atoms with E-state index < -0.39 is 0 Å². The molecule has 1 saturated heterocycles. The fraction of sp³-hybridized carbons (Fsp3) is 0.375. The van der Waals surface area contributed by atoms with Crippen LogP contribution in [0.3, 0.4) is 0 Å². The van der Waals surface area contributed by atoms with E-state index in [1.165, 1.54) is 0 Å². The summed E-state index contributed by atoms with van der Waals surface area (Å²) in [7, 11) is 1.98. The van der Waals surface area contributed by atoms with Crippen LogP contribution in [0.15, 0.2) is 36.9 Å². The predicted octanol–water partition coefficient (Wildman–Crippen LogP) is -2.49. The molecule has 1 aliphatic heterocycles. The number of imidazole rings is 1. The number of rotatable bonds is 3. The van der Waals surface area contributed by atoms with E-state index in [-0.39, 0.29) is 30.4 Å². The quantitative estimate of drug-likeness (QED) is 0.481. The molecule has 2 atom stereocenters. The number of primary amides is 1. The molecule has 6 nitrogen and oxygen atoms in total. The zero-order valence-corrected chi connectivity index (χ0v) is 14.1. The second-order valence-corrected chi connectivity index (χ2v) is 6.03. The van der Waals surface area contributed by atoms with Crippen molar-refractivity contribution >= 4 is 17.3 Å². The lowest BCUT2D eigenvalue weighted by molar-refractivity contribution is -0.671. The molecule has 1 fully saturated rings. The Hall–Kier alpha value is -2.21. The van der Waals surface area contributed by atoms with Crippen molar-refractivity contribution in [2.24, 2.45) is 12.8 Å². The van der Waals surface area contributed by atoms with Gasteiger partial charge < -0.3 is 28.8 Å². The molecule has 1 aromatic carbocycles. The van der Waals surface area contributed by atoms with Gasteiger partial charge >= 0.3 is 0 Å². The summed E-state index contributed by atoms with van der Waals surface area (Å²) in [5.41, 5.74) is 14.3. The van der Waals surface area contributed by atoms with Gasteiger partial charge in [0.2, 0.25) is 12.2 Å². The first-order chi connectivity index (χ1) is 10.5. The van der Waals surface area contributed by atoms with Crippen molar-refractivity contribution in [3.8, 4) is 0 Å². The summed E-state index contributed by atoms with van der Waals surface area (Å²) >= 11 is 0. The van der Waals surface area contributed by atoms with Crippen molar-refractivity contribution in [3.05, 3.63) is 42.5 Å². The van der Waals surface area contributed by atoms with Crippen molar-refractivity contribution in [2.45, 2.75) is 25.4 Å². The first kappa shape index (κ1) is 17.1. The Balaban J connectivity index is 0.00000192. The fourth-order valence-electron chi connectivity index (χ4n) is 3.11. The van der Waals surface area contributed by atoms with Crippen LogP contribution in [0.25, 0.3) is 0 Å².